The van der Waals surface area contributed by atoms with Gasteiger partial charge in [-0.3, -0.25) is 4.79 Å². The number of likely N-dealkylation sites (tertiary alicyclic amines) is 1. The molecule has 2 rings (SSSR count). The number of carbonyl (C=O) groups excluding carboxylic acids is 2. The Labute approximate surface area is 135 Å². The summed E-state index contributed by atoms with van der Waals surface area (Å²) >= 11 is 0. The molecular formula is C17H20N2O4. The highest BCUT2D eigenvalue weighted by atomic mass is 16.6. The van der Waals surface area contributed by atoms with Gasteiger partial charge in [0.1, 0.15) is 5.75 Å². The van der Waals surface area contributed by atoms with Crippen molar-refractivity contribution in [3.8, 4) is 11.8 Å². The second-order valence-corrected chi connectivity index (χ2v) is 5.51. The van der Waals surface area contributed by atoms with Gasteiger partial charge in [0, 0.05) is 13.1 Å². The van der Waals surface area contributed by atoms with Crippen molar-refractivity contribution in [1.82, 2.24) is 4.90 Å². The third-order valence-electron chi connectivity index (χ3n) is 3.69. The average Bonchev–Trinajstić information content (AvgIpc) is 3.09. The second kappa shape index (κ2) is 7.63. The number of rotatable bonds is 5. The Morgan fingerprint density at radius 2 is 1.74 bits per heavy atom. The molecule has 1 heterocycles. The van der Waals surface area contributed by atoms with Crippen molar-refractivity contribution in [3.63, 3.8) is 0 Å². The maximum Gasteiger partial charge on any atom is 0.347 e. The normalized spacial score (nSPS) is 16.3. The molecule has 1 aromatic carbocycles. The third-order valence-corrected chi connectivity index (χ3v) is 3.69. The van der Waals surface area contributed by atoms with Crippen LogP contribution in [-0.2, 0) is 14.3 Å². The number of nitriles is 1. The number of hydrogen-bond donors (Lipinski definition) is 0. The van der Waals surface area contributed by atoms with E-state index in [1.165, 1.54) is 0 Å². The van der Waals surface area contributed by atoms with Crippen LogP contribution in [0.15, 0.2) is 24.3 Å². The van der Waals surface area contributed by atoms with E-state index < -0.39 is 18.2 Å². The predicted molar refractivity (Wildman–Crippen MR) is 82.6 cm³/mol. The molecule has 0 aliphatic carbocycles. The van der Waals surface area contributed by atoms with Crippen LogP contribution in [0.2, 0.25) is 0 Å². The summed E-state index contributed by atoms with van der Waals surface area (Å²) in [6, 6.07) is 8.44. The van der Waals surface area contributed by atoms with Crippen LogP contribution in [0.25, 0.3) is 0 Å². The molecule has 1 aliphatic rings. The summed E-state index contributed by atoms with van der Waals surface area (Å²) in [5.74, 6) is -0.289. The molecule has 6 nitrogen and oxygen atoms in total. The van der Waals surface area contributed by atoms with Crippen LogP contribution >= 0.6 is 0 Å². The summed E-state index contributed by atoms with van der Waals surface area (Å²) in [6.07, 6.45) is 0.333. The van der Waals surface area contributed by atoms with Crippen LogP contribution in [-0.4, -0.2) is 42.1 Å². The van der Waals surface area contributed by atoms with E-state index in [0.29, 0.717) is 11.3 Å². The van der Waals surface area contributed by atoms with E-state index in [2.05, 4.69) is 0 Å². The standard InChI is InChI=1S/C17H20N2O4/c1-12(16(20)19-9-3-4-10-19)23-17(21)13(2)22-15-7-5-14(11-18)6-8-15/h5-8,12-13H,3-4,9-10H2,1-2H3/t12-,13-/m1/s1. The van der Waals surface area contributed by atoms with E-state index in [0.717, 1.165) is 25.9 Å². The molecule has 0 bridgehead atoms. The topological polar surface area (TPSA) is 79.6 Å². The smallest absolute Gasteiger partial charge is 0.347 e. The molecule has 1 aromatic rings. The number of esters is 1. The first-order valence-corrected chi connectivity index (χ1v) is 7.67. The Hall–Kier alpha value is -2.55. The molecule has 1 aliphatic heterocycles. The third kappa shape index (κ3) is 4.46. The highest BCUT2D eigenvalue weighted by molar-refractivity contribution is 5.84. The van der Waals surface area contributed by atoms with Crippen molar-refractivity contribution in [1.29, 1.82) is 5.26 Å². The Balaban J connectivity index is 1.86. The molecule has 2 atom stereocenters. The van der Waals surface area contributed by atoms with Crippen molar-refractivity contribution >= 4 is 11.9 Å². The van der Waals surface area contributed by atoms with Gasteiger partial charge >= 0.3 is 5.97 Å². The Kier molecular flexibility index (Phi) is 5.58. The summed E-state index contributed by atoms with van der Waals surface area (Å²) in [4.78, 5) is 25.9. The quantitative estimate of drug-likeness (QED) is 0.775. The summed E-state index contributed by atoms with van der Waals surface area (Å²) in [7, 11) is 0. The fourth-order valence-corrected chi connectivity index (χ4v) is 2.38. The summed E-state index contributed by atoms with van der Waals surface area (Å²) in [5, 5.41) is 8.74. The van der Waals surface area contributed by atoms with Gasteiger partial charge < -0.3 is 14.4 Å². The fourth-order valence-electron chi connectivity index (χ4n) is 2.38. The molecule has 23 heavy (non-hydrogen) atoms. The molecular weight excluding hydrogens is 296 g/mol. The zero-order valence-electron chi connectivity index (χ0n) is 13.3. The number of hydrogen-bond acceptors (Lipinski definition) is 5. The number of ether oxygens (including phenoxy) is 2. The van der Waals surface area contributed by atoms with E-state index in [-0.39, 0.29) is 5.91 Å². The van der Waals surface area contributed by atoms with Crippen molar-refractivity contribution in [2.24, 2.45) is 0 Å². The lowest BCUT2D eigenvalue weighted by Gasteiger charge is -2.22. The van der Waals surface area contributed by atoms with Gasteiger partial charge in [-0.25, -0.2) is 4.79 Å². The predicted octanol–water partition coefficient (Wildman–Crippen LogP) is 1.88. The molecule has 1 amide bonds. The minimum absolute atomic E-state index is 0.165. The van der Waals surface area contributed by atoms with E-state index >= 15 is 0 Å². The lowest BCUT2D eigenvalue weighted by Crippen LogP contribution is -2.40. The van der Waals surface area contributed by atoms with Gasteiger partial charge in [0.25, 0.3) is 5.91 Å². The molecule has 0 radical (unpaired) electrons. The maximum absolute atomic E-state index is 12.1. The maximum atomic E-state index is 12.1. The van der Waals surface area contributed by atoms with E-state index in [9.17, 15) is 9.59 Å². The molecule has 0 spiro atoms. The first kappa shape index (κ1) is 16.8. The largest absolute Gasteiger partial charge is 0.479 e. The molecule has 0 saturated carbocycles. The molecule has 122 valence electrons. The summed E-state index contributed by atoms with van der Waals surface area (Å²) < 4.78 is 10.7. The molecule has 0 N–H and O–H groups in total. The SMILES string of the molecule is C[C@@H](Oc1ccc(C#N)cc1)C(=O)O[C@H](C)C(=O)N1CCCC1. The van der Waals surface area contributed by atoms with Crippen LogP contribution in [0.4, 0.5) is 0 Å². The molecule has 1 fully saturated rings. The molecule has 0 unspecified atom stereocenters. The van der Waals surface area contributed by atoms with Crippen LogP contribution in [0.1, 0.15) is 32.3 Å². The van der Waals surface area contributed by atoms with Crippen LogP contribution in [0, 0.1) is 11.3 Å². The average molecular weight is 316 g/mol. The van der Waals surface area contributed by atoms with Crippen LogP contribution in [0.3, 0.4) is 0 Å². The first-order chi connectivity index (χ1) is 11.0. The Morgan fingerprint density at radius 1 is 1.13 bits per heavy atom. The van der Waals surface area contributed by atoms with Gasteiger partial charge in [0.05, 0.1) is 11.6 Å². The Morgan fingerprint density at radius 3 is 2.30 bits per heavy atom. The van der Waals surface area contributed by atoms with Gasteiger partial charge in [-0.05, 0) is 51.0 Å². The lowest BCUT2D eigenvalue weighted by atomic mass is 10.2. The number of nitrogens with zero attached hydrogens (tertiary/aromatic N) is 2. The fraction of sp³-hybridized carbons (Fsp3) is 0.471. The number of amides is 1. The van der Waals surface area contributed by atoms with Crippen molar-refractivity contribution in [2.75, 3.05) is 13.1 Å². The second-order valence-electron chi connectivity index (χ2n) is 5.51. The number of carbonyl (C=O) groups is 2. The molecule has 0 aromatic heterocycles. The van der Waals surface area contributed by atoms with Crippen molar-refractivity contribution in [2.45, 2.75) is 38.9 Å². The zero-order chi connectivity index (χ0) is 16.8. The van der Waals surface area contributed by atoms with E-state index in [1.54, 1.807) is 43.0 Å². The molecule has 1 saturated heterocycles. The van der Waals surface area contributed by atoms with Crippen LogP contribution < -0.4 is 4.74 Å². The lowest BCUT2D eigenvalue weighted by molar-refractivity contribution is -0.163. The highest BCUT2D eigenvalue weighted by Crippen LogP contribution is 2.15. The zero-order valence-corrected chi connectivity index (χ0v) is 13.3. The van der Waals surface area contributed by atoms with Gasteiger partial charge in [-0.2, -0.15) is 5.26 Å². The van der Waals surface area contributed by atoms with Crippen LogP contribution in [0.5, 0.6) is 5.75 Å². The summed E-state index contributed by atoms with van der Waals surface area (Å²) in [6.45, 7) is 4.58. The van der Waals surface area contributed by atoms with Crippen molar-refractivity contribution in [3.05, 3.63) is 29.8 Å². The van der Waals surface area contributed by atoms with Gasteiger partial charge in [-0.1, -0.05) is 0 Å². The first-order valence-electron chi connectivity index (χ1n) is 7.67. The minimum Gasteiger partial charge on any atom is -0.479 e. The van der Waals surface area contributed by atoms with E-state index in [4.69, 9.17) is 14.7 Å². The van der Waals surface area contributed by atoms with Gasteiger partial charge in [0.2, 0.25) is 0 Å². The van der Waals surface area contributed by atoms with Crippen molar-refractivity contribution < 1.29 is 19.1 Å². The van der Waals surface area contributed by atoms with Gasteiger partial charge in [0.15, 0.2) is 12.2 Å². The summed E-state index contributed by atoms with van der Waals surface area (Å²) in [5.41, 5.74) is 0.511. The van der Waals surface area contributed by atoms with E-state index in [1.807, 2.05) is 6.07 Å². The van der Waals surface area contributed by atoms with Gasteiger partial charge in [-0.15, -0.1) is 0 Å². The number of benzene rings is 1. The Bertz CT molecular complexity index is 600. The molecule has 6 heteroatoms. The monoisotopic (exact) mass is 316 g/mol. The highest BCUT2D eigenvalue weighted by Gasteiger charge is 2.28. The minimum atomic E-state index is -0.836.